The summed E-state index contributed by atoms with van der Waals surface area (Å²) in [6.07, 6.45) is 0. The second-order valence-electron chi connectivity index (χ2n) is 4.33. The third kappa shape index (κ3) is 3.73. The topological polar surface area (TPSA) is 21.3 Å². The lowest BCUT2D eigenvalue weighted by atomic mass is 10.1. The third-order valence-electron chi connectivity index (χ3n) is 2.08. The number of nitrogens with one attached hydrogen (secondary N) is 1. The summed E-state index contributed by atoms with van der Waals surface area (Å²) in [5.41, 5.74) is 0.890. The lowest BCUT2D eigenvalue weighted by Crippen LogP contribution is -2.38. The van der Waals surface area contributed by atoms with E-state index in [4.69, 9.17) is 16.3 Å². The predicted molar refractivity (Wildman–Crippen MR) is 64.8 cm³/mol. The van der Waals surface area contributed by atoms with Crippen LogP contribution in [0.1, 0.15) is 19.4 Å². The molecule has 0 aliphatic rings. The molecule has 0 aliphatic carbocycles. The van der Waals surface area contributed by atoms with Gasteiger partial charge in [0.2, 0.25) is 0 Å². The number of aryl methyl sites for hydroxylation is 1. The van der Waals surface area contributed by atoms with Crippen molar-refractivity contribution in [1.82, 2.24) is 5.32 Å². The number of rotatable bonds is 4. The highest BCUT2D eigenvalue weighted by atomic mass is 35.5. The molecular formula is C12H18ClNO. The molecule has 0 radical (unpaired) electrons. The first-order valence-electron chi connectivity index (χ1n) is 5.04. The van der Waals surface area contributed by atoms with Crippen molar-refractivity contribution in [2.24, 2.45) is 0 Å². The van der Waals surface area contributed by atoms with Crippen LogP contribution < -0.4 is 10.1 Å². The molecule has 0 saturated heterocycles. The van der Waals surface area contributed by atoms with Gasteiger partial charge in [0.1, 0.15) is 11.4 Å². The maximum absolute atomic E-state index is 6.06. The molecule has 0 bridgehead atoms. The van der Waals surface area contributed by atoms with Crippen LogP contribution in [0.5, 0.6) is 5.75 Å². The molecule has 1 N–H and O–H groups in total. The lowest BCUT2D eigenvalue weighted by Gasteiger charge is -2.26. The van der Waals surface area contributed by atoms with E-state index in [1.165, 1.54) is 0 Å². The van der Waals surface area contributed by atoms with Crippen LogP contribution in [0, 0.1) is 6.92 Å². The van der Waals surface area contributed by atoms with Gasteiger partial charge in [-0.25, -0.2) is 0 Å². The van der Waals surface area contributed by atoms with Crippen LogP contribution in [0.2, 0.25) is 5.02 Å². The molecule has 3 heteroatoms. The molecule has 0 amide bonds. The second-order valence-corrected chi connectivity index (χ2v) is 4.73. The van der Waals surface area contributed by atoms with Crippen molar-refractivity contribution >= 4 is 11.6 Å². The number of ether oxygens (including phenoxy) is 1. The smallest absolute Gasteiger partial charge is 0.139 e. The first-order chi connectivity index (χ1) is 6.94. The summed E-state index contributed by atoms with van der Waals surface area (Å²) in [4.78, 5) is 0. The highest BCUT2D eigenvalue weighted by molar-refractivity contribution is 6.32. The molecule has 0 atom stereocenters. The number of hydrogen-bond donors (Lipinski definition) is 1. The van der Waals surface area contributed by atoms with E-state index in [2.05, 4.69) is 5.32 Å². The van der Waals surface area contributed by atoms with E-state index in [1.807, 2.05) is 46.0 Å². The number of hydrogen-bond acceptors (Lipinski definition) is 2. The Labute approximate surface area is 96.6 Å². The van der Waals surface area contributed by atoms with Crippen molar-refractivity contribution < 1.29 is 4.74 Å². The van der Waals surface area contributed by atoms with Crippen molar-refractivity contribution in [3.63, 3.8) is 0 Å². The van der Waals surface area contributed by atoms with E-state index >= 15 is 0 Å². The van der Waals surface area contributed by atoms with Gasteiger partial charge in [0.05, 0.1) is 5.02 Å². The minimum absolute atomic E-state index is 0.258. The Bertz CT molecular complexity index is 336. The lowest BCUT2D eigenvalue weighted by molar-refractivity contribution is 0.110. The SMILES string of the molecule is CNCC(C)(C)Oc1cc(C)ccc1Cl. The molecule has 0 spiro atoms. The summed E-state index contributed by atoms with van der Waals surface area (Å²) in [5.74, 6) is 0.747. The van der Waals surface area contributed by atoms with Crippen LogP contribution >= 0.6 is 11.6 Å². The summed E-state index contributed by atoms with van der Waals surface area (Å²) >= 11 is 6.06. The first kappa shape index (κ1) is 12.3. The van der Waals surface area contributed by atoms with Crippen LogP contribution in [-0.2, 0) is 0 Å². The molecule has 15 heavy (non-hydrogen) atoms. The van der Waals surface area contributed by atoms with E-state index in [-0.39, 0.29) is 5.60 Å². The van der Waals surface area contributed by atoms with Crippen LogP contribution in [0.4, 0.5) is 0 Å². The van der Waals surface area contributed by atoms with Gasteiger partial charge in [-0.15, -0.1) is 0 Å². The van der Waals surface area contributed by atoms with Gasteiger partial charge in [-0.05, 0) is 45.5 Å². The zero-order chi connectivity index (χ0) is 11.5. The van der Waals surface area contributed by atoms with Gasteiger partial charge in [0.25, 0.3) is 0 Å². The Hall–Kier alpha value is -0.730. The summed E-state index contributed by atoms with van der Waals surface area (Å²) in [5, 5.41) is 3.75. The zero-order valence-electron chi connectivity index (χ0n) is 9.73. The van der Waals surface area contributed by atoms with Crippen LogP contribution in [0.3, 0.4) is 0 Å². The molecule has 84 valence electrons. The van der Waals surface area contributed by atoms with E-state index in [0.717, 1.165) is 17.9 Å². The minimum atomic E-state index is -0.258. The zero-order valence-corrected chi connectivity index (χ0v) is 10.5. The number of likely N-dealkylation sites (N-methyl/N-ethyl adjacent to an activating group) is 1. The largest absolute Gasteiger partial charge is 0.485 e. The summed E-state index contributed by atoms with van der Waals surface area (Å²) in [7, 11) is 1.91. The van der Waals surface area contributed by atoms with Gasteiger partial charge in [-0.3, -0.25) is 0 Å². The van der Waals surface area contributed by atoms with E-state index in [9.17, 15) is 0 Å². The fourth-order valence-corrected chi connectivity index (χ4v) is 1.60. The van der Waals surface area contributed by atoms with Gasteiger partial charge in [0, 0.05) is 6.54 Å². The Morgan fingerprint density at radius 1 is 1.40 bits per heavy atom. The quantitative estimate of drug-likeness (QED) is 0.854. The van der Waals surface area contributed by atoms with Crippen molar-refractivity contribution in [3.05, 3.63) is 28.8 Å². The average molecular weight is 228 g/mol. The summed E-state index contributed by atoms with van der Waals surface area (Å²) in [6.45, 7) is 6.86. The fraction of sp³-hybridized carbons (Fsp3) is 0.500. The maximum Gasteiger partial charge on any atom is 0.139 e. The van der Waals surface area contributed by atoms with Crippen molar-refractivity contribution in [2.45, 2.75) is 26.4 Å². The summed E-state index contributed by atoms with van der Waals surface area (Å²) in [6, 6.07) is 5.79. The Kier molecular flexibility index (Phi) is 4.00. The van der Waals surface area contributed by atoms with Gasteiger partial charge in [0.15, 0.2) is 0 Å². The van der Waals surface area contributed by atoms with E-state index in [1.54, 1.807) is 0 Å². The third-order valence-corrected chi connectivity index (χ3v) is 2.39. The molecule has 0 fully saturated rings. The van der Waals surface area contributed by atoms with Crippen molar-refractivity contribution in [1.29, 1.82) is 0 Å². The normalized spacial score (nSPS) is 11.5. The van der Waals surface area contributed by atoms with Gasteiger partial charge < -0.3 is 10.1 Å². The molecule has 0 aliphatic heterocycles. The van der Waals surface area contributed by atoms with E-state index < -0.39 is 0 Å². The number of benzene rings is 1. The molecule has 1 aromatic carbocycles. The van der Waals surface area contributed by atoms with Crippen LogP contribution in [0.15, 0.2) is 18.2 Å². The Morgan fingerprint density at radius 3 is 2.67 bits per heavy atom. The van der Waals surface area contributed by atoms with E-state index in [0.29, 0.717) is 5.02 Å². The summed E-state index contributed by atoms with van der Waals surface area (Å²) < 4.78 is 5.86. The first-order valence-corrected chi connectivity index (χ1v) is 5.42. The highest BCUT2D eigenvalue weighted by Crippen LogP contribution is 2.28. The van der Waals surface area contributed by atoms with Gasteiger partial charge in [-0.1, -0.05) is 17.7 Å². The molecule has 0 unspecified atom stereocenters. The molecule has 0 saturated carbocycles. The molecule has 0 heterocycles. The fourth-order valence-electron chi connectivity index (χ4n) is 1.45. The Balaban J connectivity index is 2.83. The predicted octanol–water partition coefficient (Wildman–Crippen LogP) is 3.03. The minimum Gasteiger partial charge on any atom is -0.485 e. The molecule has 2 nitrogen and oxygen atoms in total. The van der Waals surface area contributed by atoms with Gasteiger partial charge in [-0.2, -0.15) is 0 Å². The monoisotopic (exact) mass is 227 g/mol. The molecule has 1 rings (SSSR count). The van der Waals surface area contributed by atoms with Crippen molar-refractivity contribution in [3.8, 4) is 5.75 Å². The average Bonchev–Trinajstić information content (AvgIpc) is 2.10. The molecular weight excluding hydrogens is 210 g/mol. The molecule has 1 aromatic rings. The highest BCUT2D eigenvalue weighted by Gasteiger charge is 2.19. The van der Waals surface area contributed by atoms with Gasteiger partial charge >= 0.3 is 0 Å². The van der Waals surface area contributed by atoms with Crippen LogP contribution in [-0.4, -0.2) is 19.2 Å². The van der Waals surface area contributed by atoms with Crippen LogP contribution in [0.25, 0.3) is 0 Å². The Morgan fingerprint density at radius 2 is 2.07 bits per heavy atom. The van der Waals surface area contributed by atoms with Crippen molar-refractivity contribution in [2.75, 3.05) is 13.6 Å². The standard InChI is InChI=1S/C12H18ClNO/c1-9-5-6-10(13)11(7-9)15-12(2,3)8-14-4/h5-7,14H,8H2,1-4H3. The number of halogens is 1. The molecule has 0 aromatic heterocycles. The maximum atomic E-state index is 6.06. The second kappa shape index (κ2) is 4.86.